The van der Waals surface area contributed by atoms with Gasteiger partial charge in [0.05, 0.1) is 0 Å². The Labute approximate surface area is 106 Å². The SMILES string of the molecule is CC(C)CNC(=O)CCNc1nccnc1C#N. The molecule has 0 aliphatic heterocycles. The second-order valence-electron chi connectivity index (χ2n) is 4.24. The van der Waals surface area contributed by atoms with Crippen LogP contribution in [-0.2, 0) is 4.79 Å². The fraction of sp³-hybridized carbons (Fsp3) is 0.500. The van der Waals surface area contributed by atoms with Crippen molar-refractivity contribution in [3.05, 3.63) is 18.1 Å². The molecule has 0 saturated heterocycles. The monoisotopic (exact) mass is 247 g/mol. The number of rotatable bonds is 6. The van der Waals surface area contributed by atoms with E-state index in [2.05, 4.69) is 20.6 Å². The van der Waals surface area contributed by atoms with E-state index in [4.69, 9.17) is 5.26 Å². The lowest BCUT2D eigenvalue weighted by Gasteiger charge is -2.08. The lowest BCUT2D eigenvalue weighted by molar-refractivity contribution is -0.120. The predicted molar refractivity (Wildman–Crippen MR) is 67.7 cm³/mol. The lowest BCUT2D eigenvalue weighted by Crippen LogP contribution is -2.28. The highest BCUT2D eigenvalue weighted by Gasteiger charge is 2.05. The minimum Gasteiger partial charge on any atom is -0.367 e. The molecule has 1 aromatic rings. The minimum absolute atomic E-state index is 0.0152. The number of aromatic nitrogens is 2. The summed E-state index contributed by atoms with van der Waals surface area (Å²) in [7, 11) is 0. The van der Waals surface area contributed by atoms with Crippen LogP contribution in [-0.4, -0.2) is 29.0 Å². The number of amides is 1. The van der Waals surface area contributed by atoms with Crippen LogP contribution in [0.25, 0.3) is 0 Å². The van der Waals surface area contributed by atoms with Crippen molar-refractivity contribution in [2.75, 3.05) is 18.4 Å². The van der Waals surface area contributed by atoms with Gasteiger partial charge in [-0.25, -0.2) is 9.97 Å². The zero-order valence-corrected chi connectivity index (χ0v) is 10.6. The summed E-state index contributed by atoms with van der Waals surface area (Å²) in [4.78, 5) is 19.3. The molecule has 0 bridgehead atoms. The highest BCUT2D eigenvalue weighted by atomic mass is 16.1. The van der Waals surface area contributed by atoms with Crippen molar-refractivity contribution in [2.45, 2.75) is 20.3 Å². The smallest absolute Gasteiger partial charge is 0.221 e. The molecule has 0 aliphatic carbocycles. The van der Waals surface area contributed by atoms with E-state index in [1.807, 2.05) is 19.9 Å². The van der Waals surface area contributed by atoms with Crippen LogP contribution >= 0.6 is 0 Å². The summed E-state index contributed by atoms with van der Waals surface area (Å²) in [6.07, 6.45) is 3.30. The number of carbonyl (C=O) groups is 1. The van der Waals surface area contributed by atoms with Crippen molar-refractivity contribution in [1.29, 1.82) is 5.26 Å². The fourth-order valence-corrected chi connectivity index (χ4v) is 1.25. The molecule has 6 heteroatoms. The highest BCUT2D eigenvalue weighted by molar-refractivity contribution is 5.76. The van der Waals surface area contributed by atoms with E-state index in [0.29, 0.717) is 31.2 Å². The Kier molecular flexibility index (Phi) is 5.58. The van der Waals surface area contributed by atoms with Crippen molar-refractivity contribution < 1.29 is 4.79 Å². The van der Waals surface area contributed by atoms with E-state index < -0.39 is 0 Å². The average molecular weight is 247 g/mol. The average Bonchev–Trinajstić information content (AvgIpc) is 2.37. The van der Waals surface area contributed by atoms with E-state index >= 15 is 0 Å². The molecule has 0 spiro atoms. The van der Waals surface area contributed by atoms with Crippen LogP contribution in [0.4, 0.5) is 5.82 Å². The molecule has 1 rings (SSSR count). The summed E-state index contributed by atoms with van der Waals surface area (Å²) in [5.74, 6) is 0.836. The molecule has 0 saturated carbocycles. The van der Waals surface area contributed by atoms with Gasteiger partial charge in [0.25, 0.3) is 0 Å². The molecule has 0 radical (unpaired) electrons. The molecule has 2 N–H and O–H groups in total. The number of nitrogens with zero attached hydrogens (tertiary/aromatic N) is 3. The second kappa shape index (κ2) is 7.22. The van der Waals surface area contributed by atoms with Crippen molar-refractivity contribution >= 4 is 11.7 Å². The van der Waals surface area contributed by atoms with Gasteiger partial charge < -0.3 is 10.6 Å². The molecule has 96 valence electrons. The third-order valence-electron chi connectivity index (χ3n) is 2.16. The molecular weight excluding hydrogens is 230 g/mol. The number of anilines is 1. The first-order valence-electron chi connectivity index (χ1n) is 5.85. The van der Waals surface area contributed by atoms with Gasteiger partial charge in [0.2, 0.25) is 5.91 Å². The molecule has 0 aromatic carbocycles. The maximum absolute atomic E-state index is 11.4. The van der Waals surface area contributed by atoms with Crippen molar-refractivity contribution in [3.63, 3.8) is 0 Å². The zero-order chi connectivity index (χ0) is 13.4. The van der Waals surface area contributed by atoms with Gasteiger partial charge >= 0.3 is 0 Å². The Morgan fingerprint density at radius 2 is 2.17 bits per heavy atom. The van der Waals surface area contributed by atoms with Crippen LogP contribution in [0.1, 0.15) is 26.0 Å². The maximum atomic E-state index is 11.4. The van der Waals surface area contributed by atoms with Crippen LogP contribution < -0.4 is 10.6 Å². The van der Waals surface area contributed by atoms with Gasteiger partial charge in [0, 0.05) is 31.9 Å². The molecule has 0 fully saturated rings. The molecule has 1 aromatic heterocycles. The Hall–Kier alpha value is -2.16. The van der Waals surface area contributed by atoms with Gasteiger partial charge in [0.15, 0.2) is 11.5 Å². The molecule has 0 atom stereocenters. The van der Waals surface area contributed by atoms with Crippen molar-refractivity contribution in [3.8, 4) is 6.07 Å². The molecular formula is C12H17N5O. The molecule has 18 heavy (non-hydrogen) atoms. The van der Waals surface area contributed by atoms with Gasteiger partial charge in [0.1, 0.15) is 6.07 Å². The van der Waals surface area contributed by atoms with Gasteiger partial charge in [-0.3, -0.25) is 4.79 Å². The van der Waals surface area contributed by atoms with Gasteiger partial charge in [-0.15, -0.1) is 0 Å². The number of carbonyl (C=O) groups excluding carboxylic acids is 1. The molecule has 0 aliphatic rings. The highest BCUT2D eigenvalue weighted by Crippen LogP contribution is 2.05. The first-order chi connectivity index (χ1) is 8.63. The first-order valence-corrected chi connectivity index (χ1v) is 5.85. The zero-order valence-electron chi connectivity index (χ0n) is 10.6. The van der Waals surface area contributed by atoms with E-state index in [1.165, 1.54) is 12.4 Å². The molecule has 1 heterocycles. The van der Waals surface area contributed by atoms with Gasteiger partial charge in [-0.1, -0.05) is 13.8 Å². The number of hydrogen-bond donors (Lipinski definition) is 2. The summed E-state index contributed by atoms with van der Waals surface area (Å²) in [6.45, 7) is 5.18. The van der Waals surface area contributed by atoms with Crippen LogP contribution in [0.15, 0.2) is 12.4 Å². The normalized spacial score (nSPS) is 9.89. The van der Waals surface area contributed by atoms with E-state index in [1.54, 1.807) is 0 Å². The number of hydrogen-bond acceptors (Lipinski definition) is 5. The third-order valence-corrected chi connectivity index (χ3v) is 2.16. The van der Waals surface area contributed by atoms with Crippen LogP contribution in [0.3, 0.4) is 0 Å². The van der Waals surface area contributed by atoms with E-state index in [-0.39, 0.29) is 11.6 Å². The van der Waals surface area contributed by atoms with Crippen molar-refractivity contribution in [1.82, 2.24) is 15.3 Å². The minimum atomic E-state index is -0.0152. The number of nitrogens with one attached hydrogen (secondary N) is 2. The molecule has 1 amide bonds. The van der Waals surface area contributed by atoms with Crippen LogP contribution in [0.5, 0.6) is 0 Å². The summed E-state index contributed by atoms with van der Waals surface area (Å²) in [5.41, 5.74) is 0.236. The fourth-order valence-electron chi connectivity index (χ4n) is 1.25. The summed E-state index contributed by atoms with van der Waals surface area (Å²) < 4.78 is 0. The lowest BCUT2D eigenvalue weighted by atomic mass is 10.2. The van der Waals surface area contributed by atoms with Crippen LogP contribution in [0, 0.1) is 17.2 Å². The summed E-state index contributed by atoms with van der Waals surface area (Å²) in [5, 5.41) is 14.5. The van der Waals surface area contributed by atoms with Gasteiger partial charge in [-0.05, 0) is 5.92 Å². The predicted octanol–water partition coefficient (Wildman–Crippen LogP) is 0.922. The quantitative estimate of drug-likeness (QED) is 0.780. The largest absolute Gasteiger partial charge is 0.367 e. The molecule has 6 nitrogen and oxygen atoms in total. The Morgan fingerprint density at radius 3 is 2.83 bits per heavy atom. The topological polar surface area (TPSA) is 90.7 Å². The van der Waals surface area contributed by atoms with Crippen LogP contribution in [0.2, 0.25) is 0 Å². The first kappa shape index (κ1) is 13.9. The van der Waals surface area contributed by atoms with Gasteiger partial charge in [-0.2, -0.15) is 5.26 Å². The third kappa shape index (κ3) is 4.78. The maximum Gasteiger partial charge on any atom is 0.221 e. The Bertz CT molecular complexity index is 438. The summed E-state index contributed by atoms with van der Waals surface area (Å²) >= 11 is 0. The summed E-state index contributed by atoms with van der Waals surface area (Å²) in [6, 6.07) is 1.94. The number of nitriles is 1. The standard InChI is InChI=1S/C12H17N5O/c1-9(2)8-17-11(18)3-4-15-12-10(7-13)14-5-6-16-12/h5-6,9H,3-4,8H2,1-2H3,(H,15,16)(H,17,18). The Morgan fingerprint density at radius 1 is 1.44 bits per heavy atom. The molecule has 0 unspecified atom stereocenters. The van der Waals surface area contributed by atoms with E-state index in [0.717, 1.165) is 0 Å². The van der Waals surface area contributed by atoms with Crippen molar-refractivity contribution in [2.24, 2.45) is 5.92 Å². The van der Waals surface area contributed by atoms with E-state index in [9.17, 15) is 4.79 Å². The Balaban J connectivity index is 2.33. The second-order valence-corrected chi connectivity index (χ2v) is 4.24.